The number of hydrogen-bond acceptors (Lipinski definition) is 4. The smallest absolute Gasteiger partial charge is 0.419 e. The van der Waals surface area contributed by atoms with Crippen LogP contribution in [0.3, 0.4) is 0 Å². The fourth-order valence-electron chi connectivity index (χ4n) is 3.74. The van der Waals surface area contributed by atoms with Gasteiger partial charge in [0.1, 0.15) is 23.4 Å². The molecule has 0 saturated carbocycles. The molecule has 1 aliphatic heterocycles. The van der Waals surface area contributed by atoms with E-state index >= 15 is 4.39 Å². The van der Waals surface area contributed by atoms with Crippen molar-refractivity contribution in [2.75, 3.05) is 19.7 Å². The van der Waals surface area contributed by atoms with E-state index in [0.29, 0.717) is 12.1 Å². The molecular weight excluding hydrogens is 449 g/mol. The van der Waals surface area contributed by atoms with Crippen molar-refractivity contribution in [3.05, 3.63) is 41.6 Å². The van der Waals surface area contributed by atoms with Gasteiger partial charge in [0.05, 0.1) is 30.3 Å². The Kier molecular flexibility index (Phi) is 7.01. The maximum Gasteiger partial charge on any atom is 0.419 e. The number of halogens is 5. The molecule has 1 amide bonds. The lowest BCUT2D eigenvalue weighted by molar-refractivity contribution is -0.139. The minimum Gasteiger partial charge on any atom is -0.444 e. The van der Waals surface area contributed by atoms with Crippen LogP contribution in [-0.2, 0) is 17.5 Å². The van der Waals surface area contributed by atoms with Gasteiger partial charge in [-0.2, -0.15) is 13.2 Å². The van der Waals surface area contributed by atoms with E-state index in [1.165, 1.54) is 15.7 Å². The number of benzene rings is 1. The average molecular weight is 475 g/mol. The highest BCUT2D eigenvalue weighted by Crippen LogP contribution is 2.36. The van der Waals surface area contributed by atoms with E-state index in [1.54, 1.807) is 20.8 Å². The molecule has 0 radical (unpaired) electrons. The summed E-state index contributed by atoms with van der Waals surface area (Å²) in [5.41, 5.74) is -2.03. The fraction of sp³-hybridized carbons (Fsp3) is 0.545. The summed E-state index contributed by atoms with van der Waals surface area (Å²) in [4.78, 5) is 17.9. The topological polar surface area (TPSA) is 67.6 Å². The van der Waals surface area contributed by atoms with Gasteiger partial charge in [0.2, 0.25) is 0 Å². The minimum absolute atomic E-state index is 0.0169. The van der Waals surface area contributed by atoms with Gasteiger partial charge in [0.25, 0.3) is 0 Å². The number of imidazole rings is 1. The molecule has 1 aromatic carbocycles. The molecule has 182 valence electrons. The molecule has 0 spiro atoms. The highest BCUT2D eigenvalue weighted by Gasteiger charge is 2.37. The number of carbonyl (C=O) groups is 1. The summed E-state index contributed by atoms with van der Waals surface area (Å²) in [6.45, 7) is 4.85. The second-order valence-corrected chi connectivity index (χ2v) is 8.93. The van der Waals surface area contributed by atoms with Crippen molar-refractivity contribution in [1.29, 1.82) is 0 Å². The highest BCUT2D eigenvalue weighted by atomic mass is 19.4. The molecule has 2 aromatic rings. The van der Waals surface area contributed by atoms with Gasteiger partial charge in [-0.15, -0.1) is 0 Å². The lowest BCUT2D eigenvalue weighted by Crippen LogP contribution is -2.46. The summed E-state index contributed by atoms with van der Waals surface area (Å²) in [5.74, 6) is -1.90. The molecule has 1 aliphatic rings. The first-order valence-corrected chi connectivity index (χ1v) is 10.5. The summed E-state index contributed by atoms with van der Waals surface area (Å²) in [5, 5.41) is 9.39. The normalized spacial score (nSPS) is 19.6. The third-order valence-corrected chi connectivity index (χ3v) is 5.24. The van der Waals surface area contributed by atoms with Crippen molar-refractivity contribution in [1.82, 2.24) is 14.5 Å². The molecule has 0 bridgehead atoms. The van der Waals surface area contributed by atoms with Crippen LogP contribution in [0, 0.1) is 5.82 Å². The maximum atomic E-state index is 15.1. The Balaban J connectivity index is 1.87. The van der Waals surface area contributed by atoms with Gasteiger partial charge in [0, 0.05) is 24.8 Å². The Morgan fingerprint density at radius 2 is 1.97 bits per heavy atom. The van der Waals surface area contributed by atoms with Crippen molar-refractivity contribution in [2.45, 2.75) is 57.6 Å². The van der Waals surface area contributed by atoms with Crippen molar-refractivity contribution in [3.8, 4) is 11.3 Å². The Morgan fingerprint density at radius 3 is 2.55 bits per heavy atom. The Hall–Kier alpha value is -2.69. The molecule has 2 heterocycles. The Bertz CT molecular complexity index is 1000. The lowest BCUT2D eigenvalue weighted by Gasteiger charge is -2.35. The number of carbonyl (C=O) groups excluding carboxylic acids is 1. The van der Waals surface area contributed by atoms with Crippen LogP contribution >= 0.6 is 0 Å². The second kappa shape index (κ2) is 9.28. The van der Waals surface area contributed by atoms with Gasteiger partial charge >= 0.3 is 12.3 Å². The number of alkyl halides is 4. The summed E-state index contributed by atoms with van der Waals surface area (Å²) in [7, 11) is 0. The van der Waals surface area contributed by atoms with E-state index in [-0.39, 0.29) is 49.7 Å². The molecule has 6 nitrogen and oxygen atoms in total. The first-order valence-electron chi connectivity index (χ1n) is 10.5. The predicted molar refractivity (Wildman–Crippen MR) is 110 cm³/mol. The highest BCUT2D eigenvalue weighted by molar-refractivity contribution is 5.68. The number of aromatic nitrogens is 2. The predicted octanol–water partition coefficient (Wildman–Crippen LogP) is 4.76. The maximum absolute atomic E-state index is 15.1. The molecule has 1 aromatic heterocycles. The molecule has 1 fully saturated rings. The Morgan fingerprint density at radius 1 is 1.27 bits per heavy atom. The molecule has 0 aliphatic carbocycles. The van der Waals surface area contributed by atoms with Gasteiger partial charge in [-0.05, 0) is 45.4 Å². The summed E-state index contributed by atoms with van der Waals surface area (Å²) < 4.78 is 74.9. The Labute approximate surface area is 188 Å². The van der Waals surface area contributed by atoms with Crippen LogP contribution in [0.1, 0.15) is 44.5 Å². The van der Waals surface area contributed by atoms with Crippen LogP contribution in [0.5, 0.6) is 0 Å². The second-order valence-electron chi connectivity index (χ2n) is 8.93. The van der Waals surface area contributed by atoms with Crippen LogP contribution in [0.15, 0.2) is 24.4 Å². The molecule has 11 heteroatoms. The van der Waals surface area contributed by atoms with Crippen LogP contribution in [0.2, 0.25) is 0 Å². The average Bonchev–Trinajstić information content (AvgIpc) is 3.10. The number of aliphatic hydroxyl groups excluding tert-OH is 1. The molecule has 2 atom stereocenters. The van der Waals surface area contributed by atoms with E-state index in [2.05, 4.69) is 4.98 Å². The standard InChI is InChI=1S/C22H26F5N3O3/c1-21(2,3)33-20(32)30-7-6-14(17(24)11-30)19-28-18(12-29(19)8-9-31)13-4-5-16(23)15(10-13)22(25,26)27/h4-5,10,12,14,17,31H,6-9,11H2,1-3H3/t14-,17-/m0/s1. The third-order valence-electron chi connectivity index (χ3n) is 5.24. The summed E-state index contributed by atoms with van der Waals surface area (Å²) >= 11 is 0. The van der Waals surface area contributed by atoms with E-state index < -0.39 is 41.3 Å². The number of ether oxygens (including phenoxy) is 1. The SMILES string of the molecule is CC(C)(C)OC(=O)N1CC[C@H](c2nc(-c3ccc(F)c(C(F)(F)F)c3)cn2CCO)[C@@H](F)C1. The number of nitrogens with zero attached hydrogens (tertiary/aromatic N) is 3. The third kappa shape index (κ3) is 5.82. The number of amides is 1. The van der Waals surface area contributed by atoms with Crippen LogP contribution in [0.4, 0.5) is 26.7 Å². The summed E-state index contributed by atoms with van der Waals surface area (Å²) in [6.07, 6.45) is -5.40. The van der Waals surface area contributed by atoms with Crippen LogP contribution < -0.4 is 0 Å². The molecule has 0 unspecified atom stereocenters. The number of rotatable bonds is 4. The zero-order valence-corrected chi connectivity index (χ0v) is 18.5. The van der Waals surface area contributed by atoms with Gasteiger partial charge in [-0.25, -0.2) is 18.6 Å². The molecule has 3 rings (SSSR count). The molecule has 33 heavy (non-hydrogen) atoms. The van der Waals surface area contributed by atoms with Gasteiger partial charge < -0.3 is 19.3 Å². The first kappa shape index (κ1) is 24.9. The quantitative estimate of drug-likeness (QED) is 0.648. The molecule has 1 saturated heterocycles. The zero-order valence-electron chi connectivity index (χ0n) is 18.5. The fourth-order valence-corrected chi connectivity index (χ4v) is 3.74. The van der Waals surface area contributed by atoms with Crippen molar-refractivity contribution in [2.24, 2.45) is 0 Å². The first-order chi connectivity index (χ1) is 15.3. The van der Waals surface area contributed by atoms with E-state index in [0.717, 1.165) is 6.07 Å². The largest absolute Gasteiger partial charge is 0.444 e. The van der Waals surface area contributed by atoms with Gasteiger partial charge in [-0.1, -0.05) is 0 Å². The van der Waals surface area contributed by atoms with Gasteiger partial charge in [-0.3, -0.25) is 0 Å². The monoisotopic (exact) mass is 475 g/mol. The molecular formula is C22H26F5N3O3. The number of likely N-dealkylation sites (tertiary alicyclic amines) is 1. The van der Waals surface area contributed by atoms with Crippen molar-refractivity contribution >= 4 is 6.09 Å². The number of aliphatic hydroxyl groups is 1. The van der Waals surface area contributed by atoms with Crippen LogP contribution in [-0.4, -0.2) is 57.1 Å². The number of piperidine rings is 1. The summed E-state index contributed by atoms with van der Waals surface area (Å²) in [6, 6.07) is 2.53. The zero-order chi connectivity index (χ0) is 24.6. The van der Waals surface area contributed by atoms with E-state index in [1.807, 2.05) is 0 Å². The van der Waals surface area contributed by atoms with E-state index in [9.17, 15) is 27.5 Å². The minimum atomic E-state index is -4.88. The van der Waals surface area contributed by atoms with E-state index in [4.69, 9.17) is 4.74 Å². The van der Waals surface area contributed by atoms with Crippen LogP contribution in [0.25, 0.3) is 11.3 Å². The number of hydrogen-bond donors (Lipinski definition) is 1. The van der Waals surface area contributed by atoms with Crippen molar-refractivity contribution < 1.29 is 36.6 Å². The lowest BCUT2D eigenvalue weighted by atomic mass is 9.94. The van der Waals surface area contributed by atoms with Gasteiger partial charge in [0.15, 0.2) is 0 Å². The molecule has 1 N–H and O–H groups in total. The van der Waals surface area contributed by atoms with Crippen molar-refractivity contribution in [3.63, 3.8) is 0 Å².